The molecule has 2 rings (SSSR count). The van der Waals surface area contributed by atoms with Gasteiger partial charge >= 0.3 is 11.8 Å². The standard InChI is InChI=1S/C8H12N2O6/c11-1-2-3(12)4(13)5(14)6-9-7(15)8(16)10(2)6/h2-6,11-14H,1H2,(H,9,15)/t2-,3-,4+,5+,6?/m1/s1. The van der Waals surface area contributed by atoms with Crippen LogP contribution >= 0.6 is 0 Å². The van der Waals surface area contributed by atoms with Crippen LogP contribution in [-0.2, 0) is 9.59 Å². The highest BCUT2D eigenvalue weighted by atomic mass is 16.4. The van der Waals surface area contributed by atoms with Crippen molar-refractivity contribution in [3.8, 4) is 0 Å². The van der Waals surface area contributed by atoms with Crippen molar-refractivity contribution >= 4 is 11.8 Å². The van der Waals surface area contributed by atoms with Gasteiger partial charge in [0.25, 0.3) is 0 Å². The van der Waals surface area contributed by atoms with Gasteiger partial charge in [0.1, 0.15) is 24.5 Å². The van der Waals surface area contributed by atoms with Crippen molar-refractivity contribution < 1.29 is 30.0 Å². The number of carbonyl (C=O) groups excluding carboxylic acids is 2. The Kier molecular flexibility index (Phi) is 2.58. The van der Waals surface area contributed by atoms with Crippen LogP contribution in [0.5, 0.6) is 0 Å². The summed E-state index contributed by atoms with van der Waals surface area (Å²) in [6.07, 6.45) is -5.60. The van der Waals surface area contributed by atoms with E-state index in [1.165, 1.54) is 0 Å². The summed E-state index contributed by atoms with van der Waals surface area (Å²) in [5, 5.41) is 39.8. The second kappa shape index (κ2) is 3.67. The van der Waals surface area contributed by atoms with Crippen molar-refractivity contribution in [3.63, 3.8) is 0 Å². The molecule has 16 heavy (non-hydrogen) atoms. The van der Waals surface area contributed by atoms with Crippen molar-refractivity contribution in [2.75, 3.05) is 6.61 Å². The quantitative estimate of drug-likeness (QED) is 0.291. The number of amides is 2. The van der Waals surface area contributed by atoms with Crippen LogP contribution in [0.2, 0.25) is 0 Å². The van der Waals surface area contributed by atoms with E-state index in [9.17, 15) is 24.9 Å². The van der Waals surface area contributed by atoms with Crippen LogP contribution in [0.4, 0.5) is 0 Å². The first-order valence-corrected chi connectivity index (χ1v) is 4.77. The van der Waals surface area contributed by atoms with E-state index in [0.29, 0.717) is 0 Å². The van der Waals surface area contributed by atoms with Gasteiger partial charge in [-0.1, -0.05) is 0 Å². The van der Waals surface area contributed by atoms with Gasteiger partial charge in [0.15, 0.2) is 0 Å². The van der Waals surface area contributed by atoms with Crippen LogP contribution in [0.25, 0.3) is 0 Å². The molecule has 2 heterocycles. The second-order valence-electron chi connectivity index (χ2n) is 3.85. The molecule has 2 aliphatic rings. The molecule has 5 N–H and O–H groups in total. The van der Waals surface area contributed by atoms with Gasteiger partial charge in [-0.2, -0.15) is 0 Å². The zero-order chi connectivity index (χ0) is 12.0. The molecule has 90 valence electrons. The third kappa shape index (κ3) is 1.31. The number of piperidine rings is 1. The summed E-state index contributed by atoms with van der Waals surface area (Å²) >= 11 is 0. The average molecular weight is 232 g/mol. The number of fused-ring (bicyclic) bond motifs is 1. The molecule has 2 aliphatic heterocycles. The molecular formula is C8H12N2O6. The van der Waals surface area contributed by atoms with Gasteiger partial charge in [-0.25, -0.2) is 0 Å². The summed E-state index contributed by atoms with van der Waals surface area (Å²) in [5.41, 5.74) is 0. The number of aliphatic hydroxyl groups excluding tert-OH is 4. The molecule has 2 saturated heterocycles. The Morgan fingerprint density at radius 3 is 2.31 bits per heavy atom. The molecule has 0 spiro atoms. The summed E-state index contributed by atoms with van der Waals surface area (Å²) in [4.78, 5) is 23.4. The zero-order valence-electron chi connectivity index (χ0n) is 8.15. The normalized spacial score (nSPS) is 43.2. The lowest BCUT2D eigenvalue weighted by atomic mass is 9.92. The lowest BCUT2D eigenvalue weighted by molar-refractivity contribution is -0.175. The molecule has 0 aliphatic carbocycles. The first kappa shape index (κ1) is 11.3. The molecular weight excluding hydrogens is 220 g/mol. The minimum absolute atomic E-state index is 0.609. The summed E-state index contributed by atoms with van der Waals surface area (Å²) < 4.78 is 0. The van der Waals surface area contributed by atoms with E-state index in [0.717, 1.165) is 4.90 Å². The number of aliphatic hydroxyl groups is 4. The number of carbonyl (C=O) groups is 2. The van der Waals surface area contributed by atoms with E-state index in [4.69, 9.17) is 5.11 Å². The number of nitrogens with one attached hydrogen (secondary N) is 1. The second-order valence-corrected chi connectivity index (χ2v) is 3.85. The lowest BCUT2D eigenvalue weighted by Crippen LogP contribution is -2.68. The van der Waals surface area contributed by atoms with Gasteiger partial charge < -0.3 is 30.6 Å². The van der Waals surface area contributed by atoms with Crippen LogP contribution in [0.3, 0.4) is 0 Å². The molecule has 0 bridgehead atoms. The fourth-order valence-electron chi connectivity index (χ4n) is 2.09. The maximum atomic E-state index is 11.4. The topological polar surface area (TPSA) is 130 Å². The highest BCUT2D eigenvalue weighted by Crippen LogP contribution is 2.26. The van der Waals surface area contributed by atoms with E-state index >= 15 is 0 Å². The maximum Gasteiger partial charge on any atom is 0.314 e. The Bertz CT molecular complexity index is 334. The monoisotopic (exact) mass is 232 g/mol. The Balaban J connectivity index is 2.35. The zero-order valence-corrected chi connectivity index (χ0v) is 8.15. The molecule has 5 atom stereocenters. The van der Waals surface area contributed by atoms with Crippen LogP contribution < -0.4 is 5.32 Å². The fraction of sp³-hybridized carbons (Fsp3) is 0.750. The van der Waals surface area contributed by atoms with Crippen molar-refractivity contribution in [2.24, 2.45) is 0 Å². The summed E-state index contributed by atoms with van der Waals surface area (Å²) in [7, 11) is 0. The van der Waals surface area contributed by atoms with Crippen LogP contribution in [0.15, 0.2) is 0 Å². The van der Waals surface area contributed by atoms with Crippen molar-refractivity contribution in [1.82, 2.24) is 10.2 Å². The number of nitrogens with zero attached hydrogens (tertiary/aromatic N) is 1. The SMILES string of the molecule is O=C1NC2[C@@H](O)[C@@H](O)[C@H](O)[C@@H](CO)N2C1=O. The van der Waals surface area contributed by atoms with E-state index in [-0.39, 0.29) is 0 Å². The fourth-order valence-corrected chi connectivity index (χ4v) is 2.09. The van der Waals surface area contributed by atoms with Crippen molar-refractivity contribution in [3.05, 3.63) is 0 Å². The van der Waals surface area contributed by atoms with Crippen molar-refractivity contribution in [2.45, 2.75) is 30.5 Å². The van der Waals surface area contributed by atoms with Gasteiger partial charge in [-0.3, -0.25) is 9.59 Å². The highest BCUT2D eigenvalue weighted by Gasteiger charge is 2.54. The van der Waals surface area contributed by atoms with E-state index in [1.54, 1.807) is 0 Å². The van der Waals surface area contributed by atoms with Gasteiger partial charge in [0.05, 0.1) is 12.6 Å². The molecule has 2 amide bonds. The maximum absolute atomic E-state index is 11.4. The molecule has 0 aromatic carbocycles. The summed E-state index contributed by atoms with van der Waals surface area (Å²) in [6.45, 7) is -0.609. The van der Waals surface area contributed by atoms with Crippen LogP contribution in [0.1, 0.15) is 0 Å². The first-order valence-electron chi connectivity index (χ1n) is 4.77. The molecule has 0 aromatic rings. The Morgan fingerprint density at radius 2 is 1.75 bits per heavy atom. The Labute approximate surface area is 90.1 Å². The predicted molar refractivity (Wildman–Crippen MR) is 47.7 cm³/mol. The third-order valence-corrected chi connectivity index (χ3v) is 2.97. The molecule has 0 saturated carbocycles. The number of hydrogen-bond donors (Lipinski definition) is 5. The van der Waals surface area contributed by atoms with Crippen LogP contribution in [-0.4, -0.2) is 74.3 Å². The van der Waals surface area contributed by atoms with E-state index in [2.05, 4.69) is 5.32 Å². The molecule has 8 nitrogen and oxygen atoms in total. The van der Waals surface area contributed by atoms with Gasteiger partial charge in [-0.15, -0.1) is 0 Å². The third-order valence-electron chi connectivity index (χ3n) is 2.97. The largest absolute Gasteiger partial charge is 0.394 e. The lowest BCUT2D eigenvalue weighted by Gasteiger charge is -2.44. The molecule has 0 aromatic heterocycles. The van der Waals surface area contributed by atoms with Gasteiger partial charge in [-0.05, 0) is 0 Å². The first-order chi connectivity index (χ1) is 7.49. The van der Waals surface area contributed by atoms with Gasteiger partial charge in [0.2, 0.25) is 0 Å². The average Bonchev–Trinajstić information content (AvgIpc) is 2.55. The van der Waals surface area contributed by atoms with Crippen molar-refractivity contribution in [1.29, 1.82) is 0 Å². The van der Waals surface area contributed by atoms with E-state index < -0.39 is 48.9 Å². The van der Waals surface area contributed by atoms with Gasteiger partial charge in [0, 0.05) is 0 Å². The smallest absolute Gasteiger partial charge is 0.314 e. The minimum atomic E-state index is -1.52. The Morgan fingerprint density at radius 1 is 1.12 bits per heavy atom. The van der Waals surface area contributed by atoms with Crippen LogP contribution in [0, 0.1) is 0 Å². The molecule has 0 radical (unpaired) electrons. The molecule has 8 heteroatoms. The summed E-state index contributed by atoms with van der Waals surface area (Å²) in [5.74, 6) is -1.86. The Hall–Kier alpha value is -1.22. The number of hydrogen-bond acceptors (Lipinski definition) is 6. The minimum Gasteiger partial charge on any atom is -0.394 e. The highest BCUT2D eigenvalue weighted by molar-refractivity contribution is 6.37. The summed E-state index contributed by atoms with van der Waals surface area (Å²) in [6, 6.07) is -1.10. The predicted octanol–water partition coefficient (Wildman–Crippen LogP) is -4.27. The molecule has 1 unspecified atom stereocenters. The molecule has 2 fully saturated rings. The number of rotatable bonds is 1. The van der Waals surface area contributed by atoms with E-state index in [1.807, 2.05) is 0 Å².